The molecule has 0 radical (unpaired) electrons. The summed E-state index contributed by atoms with van der Waals surface area (Å²) < 4.78 is 7.00. The maximum atomic E-state index is 7.00. The third-order valence-corrected chi connectivity index (χ3v) is 12.4. The number of benzene rings is 8. The van der Waals surface area contributed by atoms with Crippen LogP contribution >= 0.6 is 0 Å². The van der Waals surface area contributed by atoms with Crippen molar-refractivity contribution in [2.24, 2.45) is 4.99 Å². The molecule has 8 aromatic carbocycles. The minimum absolute atomic E-state index is 0.0169. The summed E-state index contributed by atoms with van der Waals surface area (Å²) >= 11 is 0. The van der Waals surface area contributed by atoms with Gasteiger partial charge in [-0.05, 0) is 85.5 Å². The largest absolute Gasteiger partial charge is 0.456 e. The number of rotatable bonds is 6. The van der Waals surface area contributed by atoms with Gasteiger partial charge in [0.2, 0.25) is 0 Å². The van der Waals surface area contributed by atoms with Crippen molar-refractivity contribution < 1.29 is 4.42 Å². The van der Waals surface area contributed by atoms with Gasteiger partial charge >= 0.3 is 0 Å². The normalized spacial score (nSPS) is 15.5. The van der Waals surface area contributed by atoms with E-state index < -0.39 is 0 Å². The molecule has 0 amide bonds. The molecule has 2 heterocycles. The molecule has 1 aromatic heterocycles. The second-order valence-electron chi connectivity index (χ2n) is 15.9. The van der Waals surface area contributed by atoms with E-state index >= 15 is 0 Å². The van der Waals surface area contributed by atoms with Crippen molar-refractivity contribution in [2.45, 2.75) is 12.0 Å². The Kier molecular flexibility index (Phi) is 7.99. The van der Waals surface area contributed by atoms with Crippen LogP contribution in [0.4, 0.5) is 0 Å². The number of amidine groups is 1. The Morgan fingerprint density at radius 3 is 1.65 bits per heavy atom. The van der Waals surface area contributed by atoms with E-state index in [2.05, 4.69) is 218 Å². The number of hydrogen-bond acceptors (Lipinski definition) is 3. The first-order valence-corrected chi connectivity index (χ1v) is 20.7. The zero-order chi connectivity index (χ0) is 39.6. The Balaban J connectivity index is 0.943. The van der Waals surface area contributed by atoms with E-state index in [0.29, 0.717) is 0 Å². The second-order valence-corrected chi connectivity index (χ2v) is 15.9. The number of hydrogen-bond donors (Lipinski definition) is 1. The van der Waals surface area contributed by atoms with Crippen molar-refractivity contribution in [1.82, 2.24) is 5.32 Å². The quantitative estimate of drug-likeness (QED) is 0.183. The maximum absolute atomic E-state index is 7.00. The topological polar surface area (TPSA) is 37.5 Å². The fraction of sp³-hybridized carbons (Fsp3) is 0.0351. The summed E-state index contributed by atoms with van der Waals surface area (Å²) in [5.41, 5.74) is 19.7. The number of aliphatic imine (C=N–C) groups is 1. The van der Waals surface area contributed by atoms with Gasteiger partial charge in [-0.2, -0.15) is 0 Å². The molecule has 9 aromatic rings. The van der Waals surface area contributed by atoms with Gasteiger partial charge in [0, 0.05) is 33.4 Å². The van der Waals surface area contributed by atoms with Crippen LogP contribution in [0, 0.1) is 0 Å². The summed E-state index contributed by atoms with van der Waals surface area (Å²) in [6.07, 6.45) is 8.52. The first-order valence-electron chi connectivity index (χ1n) is 20.7. The highest BCUT2D eigenvalue weighted by atomic mass is 16.3. The summed E-state index contributed by atoms with van der Waals surface area (Å²) in [4.78, 5) is 5.23. The number of para-hydroxylation sites is 1. The molecule has 0 saturated heterocycles. The fourth-order valence-electron chi connectivity index (χ4n) is 9.48. The summed E-state index contributed by atoms with van der Waals surface area (Å²) in [6, 6.07) is 67.7. The van der Waals surface area contributed by atoms with Crippen LogP contribution in [0.1, 0.15) is 33.7 Å². The van der Waals surface area contributed by atoms with E-state index in [0.717, 1.165) is 50.2 Å². The third-order valence-electron chi connectivity index (χ3n) is 12.4. The number of allylic oxidation sites excluding steroid dienone is 2. The van der Waals surface area contributed by atoms with Gasteiger partial charge in [-0.25, -0.2) is 0 Å². The van der Waals surface area contributed by atoms with Crippen molar-refractivity contribution in [3.63, 3.8) is 0 Å². The predicted octanol–water partition coefficient (Wildman–Crippen LogP) is 14.0. The van der Waals surface area contributed by atoms with Gasteiger partial charge in [-0.15, -0.1) is 0 Å². The lowest BCUT2D eigenvalue weighted by Gasteiger charge is -2.27. The molecule has 0 fully saturated rings. The highest BCUT2D eigenvalue weighted by Gasteiger charge is 2.33. The molecule has 282 valence electrons. The van der Waals surface area contributed by atoms with Gasteiger partial charge < -0.3 is 9.73 Å². The molecule has 3 heteroatoms. The standard InChI is InChI=1S/C57H38N2O/c1-4-13-36(14-5-1)39-23-25-40(26-24-39)55-48-19-10-11-22-52(48)58-57(59-55)43-29-30-44-47-20-12-21-49(56(47)60-53(44)35-43)54-45-31-27-41(37-15-6-2-7-16-37)33-50(45)51-34-42(28-32-46(51)54)38-17-8-3-9-18-38/h1-35,52,54H,(H,58,59). The smallest absolute Gasteiger partial charge is 0.139 e. The predicted molar refractivity (Wildman–Crippen MR) is 248 cm³/mol. The SMILES string of the molecule is C1=CC2=C(c3ccc(-c4ccccc4)cc3)NC(c3ccc4c(c3)oc3c(C5c6ccc(-c7ccccc7)cc6-c6cc(-c7ccccc7)ccc65)cccc34)=NC2C=C1. The van der Waals surface area contributed by atoms with E-state index in [1.165, 1.54) is 61.2 Å². The van der Waals surface area contributed by atoms with Gasteiger partial charge in [-0.1, -0.05) is 188 Å². The number of fused-ring (bicyclic) bond motifs is 7. The number of nitrogens with one attached hydrogen (secondary N) is 1. The van der Waals surface area contributed by atoms with Crippen LogP contribution in [0.2, 0.25) is 0 Å². The van der Waals surface area contributed by atoms with Gasteiger partial charge in [0.05, 0.1) is 11.7 Å². The Morgan fingerprint density at radius 2 is 1.00 bits per heavy atom. The molecule has 60 heavy (non-hydrogen) atoms. The van der Waals surface area contributed by atoms with Crippen LogP contribution in [-0.2, 0) is 0 Å². The fourth-order valence-corrected chi connectivity index (χ4v) is 9.48. The lowest BCUT2D eigenvalue weighted by molar-refractivity contribution is 0.661. The zero-order valence-corrected chi connectivity index (χ0v) is 32.7. The Morgan fingerprint density at radius 1 is 0.433 bits per heavy atom. The summed E-state index contributed by atoms with van der Waals surface area (Å²) in [5, 5.41) is 5.97. The zero-order valence-electron chi connectivity index (χ0n) is 32.7. The minimum Gasteiger partial charge on any atom is -0.456 e. The van der Waals surface area contributed by atoms with E-state index in [1.54, 1.807) is 0 Å². The lowest BCUT2D eigenvalue weighted by atomic mass is 9.87. The average Bonchev–Trinajstić information content (AvgIpc) is 3.87. The molecular weight excluding hydrogens is 729 g/mol. The molecule has 1 atom stereocenters. The Bertz CT molecular complexity index is 3170. The molecule has 12 rings (SSSR count). The number of furan rings is 1. The van der Waals surface area contributed by atoms with Gasteiger partial charge in [0.25, 0.3) is 0 Å². The number of nitrogens with zero attached hydrogens (tertiary/aromatic N) is 1. The van der Waals surface area contributed by atoms with E-state index in [9.17, 15) is 0 Å². The maximum Gasteiger partial charge on any atom is 0.139 e. The van der Waals surface area contributed by atoms with Crippen molar-refractivity contribution in [1.29, 1.82) is 0 Å². The van der Waals surface area contributed by atoms with Crippen LogP contribution in [0.3, 0.4) is 0 Å². The first kappa shape index (κ1) is 34.3. The van der Waals surface area contributed by atoms with E-state index in [4.69, 9.17) is 9.41 Å². The van der Waals surface area contributed by atoms with Crippen LogP contribution in [0.5, 0.6) is 0 Å². The molecule has 3 nitrogen and oxygen atoms in total. The van der Waals surface area contributed by atoms with Crippen molar-refractivity contribution in [3.05, 3.63) is 246 Å². The minimum atomic E-state index is -0.0830. The second kappa shape index (κ2) is 14.0. The third kappa shape index (κ3) is 5.70. The van der Waals surface area contributed by atoms with Gasteiger partial charge in [0.1, 0.15) is 17.0 Å². The van der Waals surface area contributed by atoms with Crippen LogP contribution in [0.25, 0.3) is 72.1 Å². The average molecular weight is 767 g/mol. The van der Waals surface area contributed by atoms with Crippen LogP contribution in [-0.4, -0.2) is 11.9 Å². The molecule has 0 bridgehead atoms. The van der Waals surface area contributed by atoms with Crippen molar-refractivity contribution >= 4 is 33.5 Å². The summed E-state index contributed by atoms with van der Waals surface area (Å²) in [7, 11) is 0. The van der Waals surface area contributed by atoms with E-state index in [1.807, 2.05) is 0 Å². The molecule has 1 N–H and O–H groups in total. The molecule has 3 aliphatic rings. The van der Waals surface area contributed by atoms with E-state index in [-0.39, 0.29) is 12.0 Å². The summed E-state index contributed by atoms with van der Waals surface area (Å²) in [6.45, 7) is 0. The monoisotopic (exact) mass is 766 g/mol. The molecule has 2 aliphatic carbocycles. The van der Waals surface area contributed by atoms with Gasteiger partial charge in [0.15, 0.2) is 0 Å². The van der Waals surface area contributed by atoms with Gasteiger partial charge in [-0.3, -0.25) is 4.99 Å². The highest BCUT2D eigenvalue weighted by Crippen LogP contribution is 2.52. The first-order chi connectivity index (χ1) is 29.7. The highest BCUT2D eigenvalue weighted by molar-refractivity contribution is 6.11. The lowest BCUT2D eigenvalue weighted by Crippen LogP contribution is -2.32. The molecule has 1 aliphatic heterocycles. The Labute approximate surface area is 349 Å². The van der Waals surface area contributed by atoms with Crippen LogP contribution < -0.4 is 5.32 Å². The van der Waals surface area contributed by atoms with Crippen molar-refractivity contribution in [2.75, 3.05) is 0 Å². The Hall–Kier alpha value is -7.75. The summed E-state index contributed by atoms with van der Waals surface area (Å²) in [5.74, 6) is 0.846. The van der Waals surface area contributed by atoms with Crippen molar-refractivity contribution in [3.8, 4) is 44.5 Å². The molecular formula is C57H38N2O. The molecule has 1 unspecified atom stereocenters. The molecule has 0 spiro atoms. The molecule has 0 saturated carbocycles. The van der Waals surface area contributed by atoms with Crippen LogP contribution in [0.15, 0.2) is 227 Å².